The maximum Gasteiger partial charge on any atom is 0.574 e. The quantitative estimate of drug-likeness (QED) is 0.605. The summed E-state index contributed by atoms with van der Waals surface area (Å²) in [6, 6.07) is 0. The Bertz CT molecular complexity index is 570. The molecule has 0 aliphatic carbocycles. The molecule has 130 valence electrons. The minimum absolute atomic E-state index is 0.108. The smallest absolute Gasteiger partial charge is 0.496 e. The number of halogens is 6. The van der Waals surface area contributed by atoms with Gasteiger partial charge in [-0.05, 0) is 6.92 Å². The third-order valence-corrected chi connectivity index (χ3v) is 2.44. The zero-order chi connectivity index (χ0) is 17.8. The van der Waals surface area contributed by atoms with E-state index in [9.17, 15) is 31.1 Å². The number of esters is 1. The summed E-state index contributed by atoms with van der Waals surface area (Å²) in [5.41, 5.74) is -2.24. The van der Waals surface area contributed by atoms with Crippen molar-refractivity contribution < 1.29 is 45.3 Å². The Hall–Kier alpha value is -2.20. The van der Waals surface area contributed by atoms with E-state index in [1.54, 1.807) is 0 Å². The summed E-state index contributed by atoms with van der Waals surface area (Å²) in [5, 5.41) is 0. The molecular weight excluding hydrogens is 336 g/mol. The lowest BCUT2D eigenvalue weighted by Gasteiger charge is -2.18. The molecule has 5 nitrogen and oxygen atoms in total. The van der Waals surface area contributed by atoms with Gasteiger partial charge in [0.05, 0.1) is 25.7 Å². The lowest BCUT2D eigenvalue weighted by Crippen LogP contribution is -2.21. The van der Waals surface area contributed by atoms with Crippen LogP contribution < -0.4 is 9.47 Å². The Morgan fingerprint density at radius 3 is 2.26 bits per heavy atom. The first-order valence-electron chi connectivity index (χ1n) is 6.04. The van der Waals surface area contributed by atoms with Gasteiger partial charge in [-0.3, -0.25) is 4.79 Å². The van der Waals surface area contributed by atoms with Gasteiger partial charge in [-0.25, -0.2) is 4.98 Å². The zero-order valence-corrected chi connectivity index (χ0v) is 11.8. The molecule has 0 aliphatic heterocycles. The molecule has 1 heterocycles. The highest BCUT2D eigenvalue weighted by Crippen LogP contribution is 2.41. The molecular formula is C12H11F6NO4. The normalized spacial score (nSPS) is 12.0. The summed E-state index contributed by atoms with van der Waals surface area (Å²) in [7, 11) is 0.816. The van der Waals surface area contributed by atoms with Crippen molar-refractivity contribution in [2.24, 2.45) is 0 Å². The van der Waals surface area contributed by atoms with Crippen molar-refractivity contribution in [1.82, 2.24) is 4.98 Å². The van der Waals surface area contributed by atoms with Crippen LogP contribution in [0.15, 0.2) is 6.20 Å². The Kier molecular flexibility index (Phi) is 5.67. The predicted molar refractivity (Wildman–Crippen MR) is 62.8 cm³/mol. The Morgan fingerprint density at radius 1 is 1.22 bits per heavy atom. The van der Waals surface area contributed by atoms with E-state index >= 15 is 0 Å². The molecule has 0 spiro atoms. The van der Waals surface area contributed by atoms with Crippen molar-refractivity contribution in [2.45, 2.75) is 25.9 Å². The number of nitrogens with zero attached hydrogens (tertiary/aromatic N) is 1. The van der Waals surface area contributed by atoms with E-state index < -0.39 is 47.7 Å². The number of alkyl halides is 6. The molecule has 1 aromatic heterocycles. The highest BCUT2D eigenvalue weighted by atomic mass is 19.4. The van der Waals surface area contributed by atoms with E-state index in [1.807, 2.05) is 0 Å². The van der Waals surface area contributed by atoms with Crippen LogP contribution in [0, 0.1) is 0 Å². The van der Waals surface area contributed by atoms with Gasteiger partial charge in [0.25, 0.3) is 0 Å². The molecule has 11 heteroatoms. The molecule has 0 aliphatic rings. The number of aromatic nitrogens is 1. The average molecular weight is 347 g/mol. The van der Waals surface area contributed by atoms with E-state index in [0.717, 1.165) is 7.11 Å². The van der Waals surface area contributed by atoms with Gasteiger partial charge < -0.3 is 14.2 Å². The molecule has 23 heavy (non-hydrogen) atoms. The Morgan fingerprint density at radius 2 is 1.83 bits per heavy atom. The fourth-order valence-corrected chi connectivity index (χ4v) is 1.66. The molecule has 0 bridgehead atoms. The zero-order valence-electron chi connectivity index (χ0n) is 11.8. The number of carbonyl (C=O) groups excluding carboxylic acids is 1. The third kappa shape index (κ3) is 5.18. The highest BCUT2D eigenvalue weighted by molar-refractivity contribution is 5.75. The summed E-state index contributed by atoms with van der Waals surface area (Å²) in [4.78, 5) is 14.4. The van der Waals surface area contributed by atoms with Gasteiger partial charge in [-0.1, -0.05) is 0 Å². The summed E-state index contributed by atoms with van der Waals surface area (Å²) >= 11 is 0. The summed E-state index contributed by atoms with van der Waals surface area (Å²) in [5.74, 6) is -3.26. The second-order valence-electron chi connectivity index (χ2n) is 4.02. The van der Waals surface area contributed by atoms with Crippen LogP contribution in [0.25, 0.3) is 0 Å². The molecule has 0 saturated carbocycles. The van der Waals surface area contributed by atoms with Gasteiger partial charge in [0.2, 0.25) is 5.88 Å². The first kappa shape index (κ1) is 18.8. The molecule has 0 atom stereocenters. The van der Waals surface area contributed by atoms with Crippen molar-refractivity contribution in [3.05, 3.63) is 17.3 Å². The average Bonchev–Trinajstić information content (AvgIpc) is 2.37. The van der Waals surface area contributed by atoms with Crippen LogP contribution >= 0.6 is 0 Å². The molecule has 0 N–H and O–H groups in total. The largest absolute Gasteiger partial charge is 0.574 e. The van der Waals surface area contributed by atoms with Crippen molar-refractivity contribution in [3.8, 4) is 11.6 Å². The maximum absolute atomic E-state index is 12.9. The summed E-state index contributed by atoms with van der Waals surface area (Å²) < 4.78 is 88.2. The monoisotopic (exact) mass is 347 g/mol. The standard InChI is InChI=1S/C12H11F6NO4/c1-3-22-8(20)4-6-9(21-2)7(11(13,14)15)5-19-10(6)23-12(16,17)18/h5H,3-4H2,1-2H3. The predicted octanol–water partition coefficient (Wildman–Crippen LogP) is 3.11. The minimum atomic E-state index is -5.21. The molecule has 1 rings (SSSR count). The van der Waals surface area contributed by atoms with Gasteiger partial charge in [-0.2, -0.15) is 13.2 Å². The van der Waals surface area contributed by atoms with Crippen LogP contribution in [-0.4, -0.2) is 31.0 Å². The van der Waals surface area contributed by atoms with Crippen LogP contribution in [0.3, 0.4) is 0 Å². The van der Waals surface area contributed by atoms with E-state index in [1.165, 1.54) is 6.92 Å². The van der Waals surface area contributed by atoms with Gasteiger partial charge in [0.1, 0.15) is 11.3 Å². The van der Waals surface area contributed by atoms with Crippen LogP contribution in [-0.2, 0) is 22.1 Å². The van der Waals surface area contributed by atoms with Crippen LogP contribution in [0.5, 0.6) is 11.6 Å². The second-order valence-corrected chi connectivity index (χ2v) is 4.02. The number of pyridine rings is 1. The molecule has 0 fully saturated rings. The van der Waals surface area contributed by atoms with Crippen LogP contribution in [0.1, 0.15) is 18.1 Å². The summed E-state index contributed by atoms with van der Waals surface area (Å²) in [6.45, 7) is 1.32. The van der Waals surface area contributed by atoms with Gasteiger partial charge in [0.15, 0.2) is 0 Å². The molecule has 0 saturated heterocycles. The number of hydrogen-bond acceptors (Lipinski definition) is 5. The maximum atomic E-state index is 12.9. The van der Waals surface area contributed by atoms with E-state index in [4.69, 9.17) is 0 Å². The number of hydrogen-bond donors (Lipinski definition) is 0. The van der Waals surface area contributed by atoms with E-state index in [0.29, 0.717) is 0 Å². The van der Waals surface area contributed by atoms with E-state index in [-0.39, 0.29) is 12.8 Å². The number of rotatable bonds is 5. The van der Waals surface area contributed by atoms with Crippen molar-refractivity contribution in [1.29, 1.82) is 0 Å². The fraction of sp³-hybridized carbons (Fsp3) is 0.500. The lowest BCUT2D eigenvalue weighted by atomic mass is 10.1. The molecule has 0 radical (unpaired) electrons. The SMILES string of the molecule is CCOC(=O)Cc1c(OC(F)(F)F)ncc(C(F)(F)F)c1OC. The third-order valence-electron chi connectivity index (χ3n) is 2.44. The minimum Gasteiger partial charge on any atom is -0.496 e. The van der Waals surface area contributed by atoms with Crippen LogP contribution in [0.2, 0.25) is 0 Å². The van der Waals surface area contributed by atoms with Crippen molar-refractivity contribution in [2.75, 3.05) is 13.7 Å². The molecule has 1 aromatic rings. The topological polar surface area (TPSA) is 57.7 Å². The first-order chi connectivity index (χ1) is 10.5. The van der Waals surface area contributed by atoms with Crippen LogP contribution in [0.4, 0.5) is 26.3 Å². The summed E-state index contributed by atoms with van der Waals surface area (Å²) in [6.07, 6.45) is -11.0. The van der Waals surface area contributed by atoms with Gasteiger partial charge in [-0.15, -0.1) is 13.2 Å². The van der Waals surface area contributed by atoms with Gasteiger partial charge >= 0.3 is 18.5 Å². The lowest BCUT2D eigenvalue weighted by molar-refractivity contribution is -0.276. The molecule has 0 amide bonds. The Labute approximate surface area is 126 Å². The number of methoxy groups -OCH3 is 1. The van der Waals surface area contributed by atoms with Crippen molar-refractivity contribution in [3.63, 3.8) is 0 Å². The number of ether oxygens (including phenoxy) is 3. The first-order valence-corrected chi connectivity index (χ1v) is 6.04. The Balaban J connectivity index is 3.44. The number of carbonyl (C=O) groups is 1. The fourth-order valence-electron chi connectivity index (χ4n) is 1.66. The molecule has 0 unspecified atom stereocenters. The molecule has 0 aromatic carbocycles. The second kappa shape index (κ2) is 6.92. The van der Waals surface area contributed by atoms with Gasteiger partial charge in [0, 0.05) is 6.20 Å². The van der Waals surface area contributed by atoms with E-state index in [2.05, 4.69) is 19.2 Å². The van der Waals surface area contributed by atoms with Crippen molar-refractivity contribution >= 4 is 5.97 Å². The highest BCUT2D eigenvalue weighted by Gasteiger charge is 2.40.